The van der Waals surface area contributed by atoms with Crippen molar-refractivity contribution < 1.29 is 19.1 Å². The fraction of sp³-hybridized carbons (Fsp3) is 0.304. The summed E-state index contributed by atoms with van der Waals surface area (Å²) in [5.41, 5.74) is 2.50. The van der Waals surface area contributed by atoms with Crippen molar-refractivity contribution in [3.63, 3.8) is 0 Å². The summed E-state index contributed by atoms with van der Waals surface area (Å²) >= 11 is 0. The Bertz CT molecular complexity index is 867. The molecule has 6 heteroatoms. The highest BCUT2D eigenvalue weighted by atomic mass is 16.5. The van der Waals surface area contributed by atoms with E-state index in [1.165, 1.54) is 0 Å². The number of ether oxygens (including phenoxy) is 2. The van der Waals surface area contributed by atoms with Gasteiger partial charge in [-0.05, 0) is 55.7 Å². The molecule has 0 bridgehead atoms. The molecule has 0 saturated carbocycles. The first-order valence-corrected chi connectivity index (χ1v) is 9.69. The van der Waals surface area contributed by atoms with E-state index in [0.717, 1.165) is 36.3 Å². The van der Waals surface area contributed by atoms with Crippen molar-refractivity contribution in [2.45, 2.75) is 25.9 Å². The van der Waals surface area contributed by atoms with E-state index in [1.54, 1.807) is 37.5 Å². The Kier molecular flexibility index (Phi) is 7.03. The van der Waals surface area contributed by atoms with Gasteiger partial charge in [0.25, 0.3) is 11.8 Å². The monoisotopic (exact) mass is 394 g/mol. The molecule has 1 heterocycles. The van der Waals surface area contributed by atoms with Crippen LogP contribution in [0.1, 0.15) is 34.3 Å². The molecule has 2 amide bonds. The number of aryl methyl sites for hydroxylation is 1. The van der Waals surface area contributed by atoms with Gasteiger partial charge in [-0.2, -0.15) is 0 Å². The zero-order valence-electron chi connectivity index (χ0n) is 16.7. The molecule has 29 heavy (non-hydrogen) atoms. The van der Waals surface area contributed by atoms with Crippen molar-refractivity contribution in [3.05, 3.63) is 70.9 Å². The highest BCUT2D eigenvalue weighted by Gasteiger charge is 2.19. The molecule has 6 nitrogen and oxygen atoms in total. The number of carbonyl (C=O) groups excluding carboxylic acids is 2. The molecular weight excluding hydrogens is 368 g/mol. The van der Waals surface area contributed by atoms with Crippen LogP contribution in [0.5, 0.6) is 5.75 Å². The number of carbonyl (C=O) groups is 2. The van der Waals surface area contributed by atoms with E-state index in [1.807, 2.05) is 31.2 Å². The second-order valence-corrected chi connectivity index (χ2v) is 7.00. The molecule has 1 fully saturated rings. The van der Waals surface area contributed by atoms with Crippen molar-refractivity contribution in [1.29, 1.82) is 0 Å². The molecule has 0 aliphatic carbocycles. The Morgan fingerprint density at radius 1 is 1.14 bits per heavy atom. The average molecular weight is 394 g/mol. The Balaban J connectivity index is 1.77. The number of methoxy groups -OCH3 is 1. The van der Waals surface area contributed by atoms with Gasteiger partial charge in [0, 0.05) is 18.7 Å². The summed E-state index contributed by atoms with van der Waals surface area (Å²) in [4.78, 5) is 25.4. The molecule has 2 aromatic carbocycles. The van der Waals surface area contributed by atoms with Crippen LogP contribution in [0.2, 0.25) is 0 Å². The Morgan fingerprint density at radius 3 is 2.48 bits per heavy atom. The zero-order valence-corrected chi connectivity index (χ0v) is 16.7. The minimum Gasteiger partial charge on any atom is -0.497 e. The third-order valence-corrected chi connectivity index (χ3v) is 4.75. The second kappa shape index (κ2) is 9.89. The maximum absolute atomic E-state index is 12.8. The van der Waals surface area contributed by atoms with Gasteiger partial charge < -0.3 is 20.1 Å². The van der Waals surface area contributed by atoms with Gasteiger partial charge in [-0.3, -0.25) is 9.59 Å². The molecule has 2 N–H and O–H groups in total. The number of hydrogen-bond donors (Lipinski definition) is 2. The van der Waals surface area contributed by atoms with E-state index in [2.05, 4.69) is 10.6 Å². The molecule has 3 rings (SSSR count). The van der Waals surface area contributed by atoms with E-state index in [9.17, 15) is 9.59 Å². The lowest BCUT2D eigenvalue weighted by Gasteiger charge is -2.14. The summed E-state index contributed by atoms with van der Waals surface area (Å²) in [6.07, 6.45) is 3.59. The van der Waals surface area contributed by atoms with Crippen LogP contribution < -0.4 is 15.4 Å². The first-order valence-electron chi connectivity index (χ1n) is 9.69. The van der Waals surface area contributed by atoms with Crippen molar-refractivity contribution in [1.82, 2.24) is 10.6 Å². The normalized spacial score (nSPS) is 16.3. The van der Waals surface area contributed by atoms with Crippen LogP contribution in [0, 0.1) is 6.92 Å². The summed E-state index contributed by atoms with van der Waals surface area (Å²) in [5.74, 6) is 0.0315. The molecule has 0 unspecified atom stereocenters. The van der Waals surface area contributed by atoms with Crippen LogP contribution in [-0.2, 0) is 9.53 Å². The number of hydrogen-bond acceptors (Lipinski definition) is 4. The maximum atomic E-state index is 12.8. The van der Waals surface area contributed by atoms with Crippen molar-refractivity contribution in [2.75, 3.05) is 20.3 Å². The predicted molar refractivity (Wildman–Crippen MR) is 112 cm³/mol. The SMILES string of the molecule is COc1ccc(/C=C(/NC(=O)c2ccc(C)cc2)C(=O)NC[C@@H]2CCCO2)cc1. The third kappa shape index (κ3) is 5.93. The molecule has 1 aliphatic heterocycles. The van der Waals surface area contributed by atoms with Crippen LogP contribution in [0.4, 0.5) is 0 Å². The van der Waals surface area contributed by atoms with Gasteiger partial charge in [-0.15, -0.1) is 0 Å². The number of amides is 2. The van der Waals surface area contributed by atoms with Gasteiger partial charge in [0.2, 0.25) is 0 Å². The molecule has 1 aliphatic rings. The Morgan fingerprint density at radius 2 is 1.86 bits per heavy atom. The lowest BCUT2D eigenvalue weighted by atomic mass is 10.1. The van der Waals surface area contributed by atoms with Gasteiger partial charge in [0.1, 0.15) is 11.4 Å². The van der Waals surface area contributed by atoms with Crippen LogP contribution in [0.3, 0.4) is 0 Å². The van der Waals surface area contributed by atoms with Crippen molar-refractivity contribution >= 4 is 17.9 Å². The lowest BCUT2D eigenvalue weighted by molar-refractivity contribution is -0.118. The standard InChI is InChI=1S/C23H26N2O4/c1-16-5-9-18(10-6-16)22(26)25-21(14-17-7-11-19(28-2)12-8-17)23(27)24-15-20-4-3-13-29-20/h5-12,14,20H,3-4,13,15H2,1-2H3,(H,24,27)(H,25,26)/b21-14+/t20-/m0/s1. The lowest BCUT2D eigenvalue weighted by Crippen LogP contribution is -2.38. The zero-order chi connectivity index (χ0) is 20.6. The molecule has 152 valence electrons. The molecule has 0 spiro atoms. The van der Waals surface area contributed by atoms with Gasteiger partial charge in [-0.25, -0.2) is 0 Å². The van der Waals surface area contributed by atoms with E-state index < -0.39 is 0 Å². The molecular formula is C23H26N2O4. The molecule has 1 atom stereocenters. The minimum atomic E-state index is -0.350. The Hall–Kier alpha value is -3.12. The summed E-state index contributed by atoms with van der Waals surface area (Å²) in [6, 6.07) is 14.4. The smallest absolute Gasteiger partial charge is 0.267 e. The van der Waals surface area contributed by atoms with Gasteiger partial charge >= 0.3 is 0 Å². The topological polar surface area (TPSA) is 76.7 Å². The fourth-order valence-electron chi connectivity index (χ4n) is 3.03. The number of nitrogens with one attached hydrogen (secondary N) is 2. The van der Waals surface area contributed by atoms with Crippen molar-refractivity contribution in [3.8, 4) is 5.75 Å². The summed E-state index contributed by atoms with van der Waals surface area (Å²) < 4.78 is 10.7. The van der Waals surface area contributed by atoms with E-state index >= 15 is 0 Å². The van der Waals surface area contributed by atoms with Crippen LogP contribution in [0.15, 0.2) is 54.2 Å². The minimum absolute atomic E-state index is 0.0222. The number of rotatable bonds is 7. The predicted octanol–water partition coefficient (Wildman–Crippen LogP) is 3.07. The number of benzene rings is 2. The largest absolute Gasteiger partial charge is 0.497 e. The van der Waals surface area contributed by atoms with Crippen LogP contribution >= 0.6 is 0 Å². The van der Waals surface area contributed by atoms with Crippen molar-refractivity contribution in [2.24, 2.45) is 0 Å². The average Bonchev–Trinajstić information content (AvgIpc) is 3.26. The summed E-state index contributed by atoms with van der Waals surface area (Å²) in [6.45, 7) is 3.09. The van der Waals surface area contributed by atoms with E-state index in [0.29, 0.717) is 12.1 Å². The van der Waals surface area contributed by atoms with Crippen LogP contribution in [-0.4, -0.2) is 38.2 Å². The van der Waals surface area contributed by atoms with E-state index in [4.69, 9.17) is 9.47 Å². The Labute approximate surface area is 170 Å². The first-order chi connectivity index (χ1) is 14.0. The molecule has 2 aromatic rings. The molecule has 1 saturated heterocycles. The van der Waals surface area contributed by atoms with Gasteiger partial charge in [0.15, 0.2) is 0 Å². The van der Waals surface area contributed by atoms with Gasteiger partial charge in [0.05, 0.1) is 13.2 Å². The van der Waals surface area contributed by atoms with Gasteiger partial charge in [-0.1, -0.05) is 29.8 Å². The first kappa shape index (κ1) is 20.6. The van der Waals surface area contributed by atoms with Crippen LogP contribution in [0.25, 0.3) is 6.08 Å². The summed E-state index contributed by atoms with van der Waals surface area (Å²) in [5, 5.41) is 5.60. The molecule has 0 radical (unpaired) electrons. The second-order valence-electron chi connectivity index (χ2n) is 7.00. The summed E-state index contributed by atoms with van der Waals surface area (Å²) in [7, 11) is 1.59. The molecule has 0 aromatic heterocycles. The van der Waals surface area contributed by atoms with E-state index in [-0.39, 0.29) is 23.6 Å². The highest BCUT2D eigenvalue weighted by molar-refractivity contribution is 6.05. The maximum Gasteiger partial charge on any atom is 0.267 e. The highest BCUT2D eigenvalue weighted by Crippen LogP contribution is 2.15. The third-order valence-electron chi connectivity index (χ3n) is 4.75. The fourth-order valence-corrected chi connectivity index (χ4v) is 3.03. The quantitative estimate of drug-likeness (QED) is 0.708.